The molecule has 0 aliphatic carbocycles. The Kier molecular flexibility index (Phi) is 9.12. The molecule has 0 radical (unpaired) electrons. The molecule has 0 aromatic rings. The number of ether oxygens (including phenoxy) is 1. The van der Waals surface area contributed by atoms with Crippen LogP contribution in [-0.4, -0.2) is 25.8 Å². The fourth-order valence-corrected chi connectivity index (χ4v) is 1.84. The van der Waals surface area contributed by atoms with E-state index in [0.29, 0.717) is 12.0 Å². The summed E-state index contributed by atoms with van der Waals surface area (Å²) in [7, 11) is 0. The number of rotatable bonds is 9. The fourth-order valence-electron chi connectivity index (χ4n) is 1.84. The maximum atomic E-state index is 5.53. The Morgan fingerprint density at radius 3 is 2.13 bits per heavy atom. The summed E-state index contributed by atoms with van der Waals surface area (Å²) in [4.78, 5) is 0. The van der Waals surface area contributed by atoms with Gasteiger partial charge in [0, 0.05) is 19.2 Å². The predicted octanol–water partition coefficient (Wildman–Crippen LogP) is 3.07. The Bertz CT molecular complexity index is 132. The van der Waals surface area contributed by atoms with Crippen molar-refractivity contribution < 1.29 is 4.74 Å². The lowest BCUT2D eigenvalue weighted by atomic mass is 9.96. The molecular weight excluding hydrogens is 186 g/mol. The van der Waals surface area contributed by atoms with Gasteiger partial charge < -0.3 is 10.1 Å². The first-order valence-corrected chi connectivity index (χ1v) is 6.42. The molecule has 0 aromatic carbocycles. The van der Waals surface area contributed by atoms with Crippen LogP contribution in [0.4, 0.5) is 0 Å². The topological polar surface area (TPSA) is 21.3 Å². The lowest BCUT2D eigenvalue weighted by Gasteiger charge is -2.22. The van der Waals surface area contributed by atoms with Crippen LogP contribution in [0.15, 0.2) is 0 Å². The molecule has 0 spiro atoms. The van der Waals surface area contributed by atoms with Crippen LogP contribution in [0.1, 0.15) is 47.5 Å². The molecule has 0 bridgehead atoms. The standard InChI is InChI=1S/C13H29NO/c1-6-13(7-2)12(5)14-8-9-15-10-11(3)4/h11-14H,6-10H2,1-5H3. The molecule has 0 aromatic heterocycles. The first kappa shape index (κ1) is 14.9. The molecule has 1 unspecified atom stereocenters. The van der Waals surface area contributed by atoms with Crippen LogP contribution in [0.25, 0.3) is 0 Å². The minimum absolute atomic E-state index is 0.614. The van der Waals surface area contributed by atoms with Crippen LogP contribution >= 0.6 is 0 Å². The molecule has 92 valence electrons. The van der Waals surface area contributed by atoms with E-state index in [2.05, 4.69) is 39.9 Å². The average molecular weight is 215 g/mol. The highest BCUT2D eigenvalue weighted by Gasteiger charge is 2.11. The second kappa shape index (κ2) is 9.17. The third-order valence-corrected chi connectivity index (χ3v) is 2.92. The van der Waals surface area contributed by atoms with Gasteiger partial charge in [-0.3, -0.25) is 0 Å². The van der Waals surface area contributed by atoms with E-state index >= 15 is 0 Å². The monoisotopic (exact) mass is 215 g/mol. The van der Waals surface area contributed by atoms with E-state index in [4.69, 9.17) is 4.74 Å². The highest BCUT2D eigenvalue weighted by atomic mass is 16.5. The normalized spacial score (nSPS) is 13.8. The Labute approximate surface area is 95.8 Å². The summed E-state index contributed by atoms with van der Waals surface area (Å²) in [5, 5.41) is 3.53. The van der Waals surface area contributed by atoms with E-state index in [9.17, 15) is 0 Å². The van der Waals surface area contributed by atoms with Crippen molar-refractivity contribution in [3.05, 3.63) is 0 Å². The SMILES string of the molecule is CCC(CC)C(C)NCCOCC(C)C. The minimum atomic E-state index is 0.614. The highest BCUT2D eigenvalue weighted by molar-refractivity contribution is 4.69. The molecule has 0 saturated heterocycles. The van der Waals surface area contributed by atoms with Crippen LogP contribution in [0.5, 0.6) is 0 Å². The lowest BCUT2D eigenvalue weighted by Crippen LogP contribution is -2.35. The zero-order valence-corrected chi connectivity index (χ0v) is 11.2. The van der Waals surface area contributed by atoms with Gasteiger partial charge in [0.25, 0.3) is 0 Å². The summed E-state index contributed by atoms with van der Waals surface area (Å²) in [5.41, 5.74) is 0. The molecule has 0 fully saturated rings. The summed E-state index contributed by atoms with van der Waals surface area (Å²) in [6.45, 7) is 13.9. The summed E-state index contributed by atoms with van der Waals surface area (Å²) in [6.07, 6.45) is 2.52. The largest absolute Gasteiger partial charge is 0.380 e. The molecule has 1 atom stereocenters. The molecule has 0 aliphatic rings. The van der Waals surface area contributed by atoms with Crippen molar-refractivity contribution in [1.29, 1.82) is 0 Å². The molecule has 2 heteroatoms. The summed E-state index contributed by atoms with van der Waals surface area (Å²) < 4.78 is 5.53. The van der Waals surface area contributed by atoms with Gasteiger partial charge in [0.15, 0.2) is 0 Å². The van der Waals surface area contributed by atoms with Crippen LogP contribution in [0.3, 0.4) is 0 Å². The maximum absolute atomic E-state index is 5.53. The van der Waals surface area contributed by atoms with E-state index < -0.39 is 0 Å². The van der Waals surface area contributed by atoms with E-state index in [0.717, 1.165) is 25.7 Å². The Morgan fingerprint density at radius 1 is 1.07 bits per heavy atom. The molecule has 0 rings (SSSR count). The third kappa shape index (κ3) is 7.80. The summed E-state index contributed by atoms with van der Waals surface area (Å²) in [5.74, 6) is 1.44. The van der Waals surface area contributed by atoms with Crippen molar-refractivity contribution in [3.8, 4) is 0 Å². The molecule has 0 heterocycles. The van der Waals surface area contributed by atoms with Gasteiger partial charge in [-0.2, -0.15) is 0 Å². The Morgan fingerprint density at radius 2 is 1.67 bits per heavy atom. The molecule has 0 aliphatic heterocycles. The minimum Gasteiger partial charge on any atom is -0.380 e. The van der Waals surface area contributed by atoms with Crippen molar-refractivity contribution in [2.24, 2.45) is 11.8 Å². The number of hydrogen-bond donors (Lipinski definition) is 1. The smallest absolute Gasteiger partial charge is 0.0591 e. The molecule has 2 nitrogen and oxygen atoms in total. The highest BCUT2D eigenvalue weighted by Crippen LogP contribution is 2.12. The first-order chi connectivity index (χ1) is 7.11. The van der Waals surface area contributed by atoms with Crippen LogP contribution in [0.2, 0.25) is 0 Å². The fraction of sp³-hybridized carbons (Fsp3) is 1.00. The molecule has 0 amide bonds. The second-order valence-corrected chi connectivity index (χ2v) is 4.79. The van der Waals surface area contributed by atoms with Crippen molar-refractivity contribution >= 4 is 0 Å². The quantitative estimate of drug-likeness (QED) is 0.597. The lowest BCUT2D eigenvalue weighted by molar-refractivity contribution is 0.108. The van der Waals surface area contributed by atoms with Crippen LogP contribution in [0, 0.1) is 11.8 Å². The Hall–Kier alpha value is -0.0800. The van der Waals surface area contributed by atoms with Crippen LogP contribution < -0.4 is 5.32 Å². The second-order valence-electron chi connectivity index (χ2n) is 4.79. The van der Waals surface area contributed by atoms with Crippen molar-refractivity contribution in [2.75, 3.05) is 19.8 Å². The van der Waals surface area contributed by atoms with Crippen LogP contribution in [-0.2, 0) is 4.74 Å². The summed E-state index contributed by atoms with van der Waals surface area (Å²) in [6, 6.07) is 0.614. The molecular formula is C13H29NO. The molecule has 15 heavy (non-hydrogen) atoms. The van der Waals surface area contributed by atoms with Crippen molar-refractivity contribution in [1.82, 2.24) is 5.32 Å². The zero-order chi connectivity index (χ0) is 11.7. The van der Waals surface area contributed by atoms with Gasteiger partial charge in [0.2, 0.25) is 0 Å². The van der Waals surface area contributed by atoms with Gasteiger partial charge >= 0.3 is 0 Å². The van der Waals surface area contributed by atoms with Gasteiger partial charge in [-0.05, 0) is 18.8 Å². The molecule has 1 N–H and O–H groups in total. The van der Waals surface area contributed by atoms with Gasteiger partial charge in [-0.25, -0.2) is 0 Å². The number of hydrogen-bond acceptors (Lipinski definition) is 2. The van der Waals surface area contributed by atoms with Gasteiger partial charge in [0.05, 0.1) is 6.61 Å². The van der Waals surface area contributed by atoms with Crippen molar-refractivity contribution in [2.45, 2.75) is 53.5 Å². The van der Waals surface area contributed by atoms with E-state index in [1.54, 1.807) is 0 Å². The summed E-state index contributed by atoms with van der Waals surface area (Å²) >= 11 is 0. The average Bonchev–Trinajstić information content (AvgIpc) is 2.18. The zero-order valence-electron chi connectivity index (χ0n) is 11.2. The van der Waals surface area contributed by atoms with Gasteiger partial charge in [0.1, 0.15) is 0 Å². The Balaban J connectivity index is 3.41. The van der Waals surface area contributed by atoms with Gasteiger partial charge in [-0.1, -0.05) is 40.5 Å². The van der Waals surface area contributed by atoms with Gasteiger partial charge in [-0.15, -0.1) is 0 Å². The van der Waals surface area contributed by atoms with E-state index in [1.165, 1.54) is 12.8 Å². The molecule has 0 saturated carbocycles. The number of nitrogens with one attached hydrogen (secondary N) is 1. The maximum Gasteiger partial charge on any atom is 0.0591 e. The van der Waals surface area contributed by atoms with E-state index in [-0.39, 0.29) is 0 Å². The predicted molar refractivity (Wildman–Crippen MR) is 67.2 cm³/mol. The van der Waals surface area contributed by atoms with Crippen molar-refractivity contribution in [3.63, 3.8) is 0 Å². The first-order valence-electron chi connectivity index (χ1n) is 6.42. The third-order valence-electron chi connectivity index (χ3n) is 2.92. The van der Waals surface area contributed by atoms with E-state index in [1.807, 2.05) is 0 Å².